The molecule has 0 fully saturated rings. The highest BCUT2D eigenvalue weighted by atomic mass is 16.4. The van der Waals surface area contributed by atoms with Crippen molar-refractivity contribution in [3.05, 3.63) is 59.6 Å². The molecule has 0 N–H and O–H groups in total. The van der Waals surface area contributed by atoms with Gasteiger partial charge in [0.2, 0.25) is 5.89 Å². The average Bonchev–Trinajstić information content (AvgIpc) is 3.23. The minimum atomic E-state index is -0.314. The van der Waals surface area contributed by atoms with Crippen LogP contribution < -0.4 is 0 Å². The molecule has 8 heteroatoms. The highest BCUT2D eigenvalue weighted by molar-refractivity contribution is 5.89. The summed E-state index contributed by atoms with van der Waals surface area (Å²) in [5.41, 5.74) is 3.06. The predicted octanol–water partition coefficient (Wildman–Crippen LogP) is 1.90. The number of benzene rings is 1. The maximum absolute atomic E-state index is 12.5. The lowest BCUT2D eigenvalue weighted by Gasteiger charge is -2.13. The van der Waals surface area contributed by atoms with Gasteiger partial charge in [-0.25, -0.2) is 4.68 Å². The normalized spacial score (nSPS) is 11.1. The van der Waals surface area contributed by atoms with Gasteiger partial charge in [-0.05, 0) is 32.6 Å². The topological polar surface area (TPSA) is 80.3 Å². The second kappa shape index (κ2) is 7.49. The molecule has 2 heterocycles. The molecule has 0 aliphatic rings. The number of hydrogen-bond donors (Lipinski definition) is 0. The molecule has 0 radical (unpaired) electrons. The zero-order chi connectivity index (χ0) is 18.7. The van der Waals surface area contributed by atoms with Crippen LogP contribution in [-0.4, -0.2) is 56.8 Å². The first-order chi connectivity index (χ1) is 12.4. The standard InChI is InChI=1S/C18H22N6O2/c1-13-7-5-6-8-15(13)24-11-14(9-19-24)10-23(4)18(25)17-21-20-16(26-17)12-22(2)3/h5-9,11H,10,12H2,1-4H3. The number of carbonyl (C=O) groups is 1. The van der Waals surface area contributed by atoms with Gasteiger partial charge >= 0.3 is 11.8 Å². The van der Waals surface area contributed by atoms with Crippen LogP contribution in [0.5, 0.6) is 0 Å². The highest BCUT2D eigenvalue weighted by Gasteiger charge is 2.20. The average molecular weight is 354 g/mol. The summed E-state index contributed by atoms with van der Waals surface area (Å²) in [6.45, 7) is 2.93. The maximum atomic E-state index is 12.5. The van der Waals surface area contributed by atoms with Crippen LogP contribution in [0.25, 0.3) is 5.69 Å². The van der Waals surface area contributed by atoms with Crippen molar-refractivity contribution in [1.29, 1.82) is 0 Å². The van der Waals surface area contributed by atoms with E-state index in [2.05, 4.69) is 15.3 Å². The summed E-state index contributed by atoms with van der Waals surface area (Å²) in [7, 11) is 5.48. The van der Waals surface area contributed by atoms with E-state index in [0.717, 1.165) is 16.8 Å². The molecule has 0 spiro atoms. The minimum absolute atomic E-state index is 0.00403. The van der Waals surface area contributed by atoms with Crippen LogP contribution in [-0.2, 0) is 13.1 Å². The molecule has 0 aliphatic carbocycles. The van der Waals surface area contributed by atoms with Gasteiger partial charge < -0.3 is 14.2 Å². The molecule has 1 amide bonds. The van der Waals surface area contributed by atoms with Crippen molar-refractivity contribution >= 4 is 5.91 Å². The molecule has 8 nitrogen and oxygen atoms in total. The SMILES string of the molecule is Cc1ccccc1-n1cc(CN(C)C(=O)c2nnc(CN(C)C)o2)cn1. The van der Waals surface area contributed by atoms with Crippen molar-refractivity contribution in [3.8, 4) is 5.69 Å². The summed E-state index contributed by atoms with van der Waals surface area (Å²) in [5.74, 6) is 0.0981. The molecule has 136 valence electrons. The Balaban J connectivity index is 1.68. The van der Waals surface area contributed by atoms with Gasteiger partial charge in [0, 0.05) is 25.4 Å². The fourth-order valence-corrected chi connectivity index (χ4v) is 2.58. The predicted molar refractivity (Wildman–Crippen MR) is 95.8 cm³/mol. The molecule has 26 heavy (non-hydrogen) atoms. The van der Waals surface area contributed by atoms with Gasteiger partial charge in [0.05, 0.1) is 18.4 Å². The van der Waals surface area contributed by atoms with Crippen molar-refractivity contribution in [2.75, 3.05) is 21.1 Å². The van der Waals surface area contributed by atoms with Gasteiger partial charge in [-0.2, -0.15) is 5.10 Å². The summed E-state index contributed by atoms with van der Waals surface area (Å²) in [4.78, 5) is 15.9. The van der Waals surface area contributed by atoms with Crippen LogP contribution in [0.4, 0.5) is 0 Å². The van der Waals surface area contributed by atoms with E-state index < -0.39 is 0 Å². The maximum Gasteiger partial charge on any atom is 0.311 e. The van der Waals surface area contributed by atoms with E-state index in [0.29, 0.717) is 19.0 Å². The van der Waals surface area contributed by atoms with Crippen LogP contribution >= 0.6 is 0 Å². The van der Waals surface area contributed by atoms with E-state index in [9.17, 15) is 4.79 Å². The number of para-hydroxylation sites is 1. The van der Waals surface area contributed by atoms with Crippen molar-refractivity contribution in [3.63, 3.8) is 0 Å². The fourth-order valence-electron chi connectivity index (χ4n) is 2.58. The zero-order valence-electron chi connectivity index (χ0n) is 15.4. The third-order valence-corrected chi connectivity index (χ3v) is 3.87. The number of rotatable bonds is 6. The first-order valence-electron chi connectivity index (χ1n) is 8.26. The summed E-state index contributed by atoms with van der Waals surface area (Å²) in [6, 6.07) is 8.00. The molecule has 3 rings (SSSR count). The van der Waals surface area contributed by atoms with E-state index in [4.69, 9.17) is 4.42 Å². The zero-order valence-corrected chi connectivity index (χ0v) is 15.4. The lowest BCUT2D eigenvalue weighted by Crippen LogP contribution is -2.26. The van der Waals surface area contributed by atoms with Gasteiger partial charge in [0.1, 0.15) is 0 Å². The Morgan fingerprint density at radius 3 is 2.65 bits per heavy atom. The van der Waals surface area contributed by atoms with Gasteiger partial charge in [0.15, 0.2) is 0 Å². The molecule has 0 unspecified atom stereocenters. The Morgan fingerprint density at radius 2 is 1.92 bits per heavy atom. The van der Waals surface area contributed by atoms with Gasteiger partial charge in [-0.15, -0.1) is 10.2 Å². The van der Waals surface area contributed by atoms with E-state index in [1.807, 2.05) is 61.1 Å². The van der Waals surface area contributed by atoms with Crippen LogP contribution in [0, 0.1) is 6.92 Å². The Morgan fingerprint density at radius 1 is 1.15 bits per heavy atom. The number of aryl methyl sites for hydroxylation is 1. The lowest BCUT2D eigenvalue weighted by atomic mass is 10.2. The Labute approximate surface area is 152 Å². The number of amides is 1. The summed E-state index contributed by atoms with van der Waals surface area (Å²) in [5, 5.41) is 12.1. The molecule has 1 aromatic carbocycles. The molecular weight excluding hydrogens is 332 g/mol. The third kappa shape index (κ3) is 3.97. The van der Waals surface area contributed by atoms with E-state index in [1.165, 1.54) is 4.90 Å². The summed E-state index contributed by atoms with van der Waals surface area (Å²) in [6.07, 6.45) is 3.67. The quantitative estimate of drug-likeness (QED) is 0.673. The van der Waals surface area contributed by atoms with Gasteiger partial charge in [-0.1, -0.05) is 18.2 Å². The number of carbonyl (C=O) groups excluding carboxylic acids is 1. The molecular formula is C18H22N6O2. The molecule has 0 aliphatic heterocycles. The van der Waals surface area contributed by atoms with Crippen molar-refractivity contribution < 1.29 is 9.21 Å². The highest BCUT2D eigenvalue weighted by Crippen LogP contribution is 2.14. The minimum Gasteiger partial charge on any atom is -0.415 e. The monoisotopic (exact) mass is 354 g/mol. The molecule has 0 saturated heterocycles. The molecule has 0 atom stereocenters. The molecule has 0 saturated carbocycles. The number of aromatic nitrogens is 4. The lowest BCUT2D eigenvalue weighted by molar-refractivity contribution is 0.0742. The molecule has 3 aromatic rings. The number of nitrogens with zero attached hydrogens (tertiary/aromatic N) is 6. The van der Waals surface area contributed by atoms with Crippen LogP contribution in [0.1, 0.15) is 27.7 Å². The molecule has 0 bridgehead atoms. The van der Waals surface area contributed by atoms with E-state index >= 15 is 0 Å². The Kier molecular flexibility index (Phi) is 5.13. The first-order valence-corrected chi connectivity index (χ1v) is 8.26. The second-order valence-electron chi connectivity index (χ2n) is 6.48. The summed E-state index contributed by atoms with van der Waals surface area (Å²) >= 11 is 0. The third-order valence-electron chi connectivity index (χ3n) is 3.87. The van der Waals surface area contributed by atoms with Crippen LogP contribution in [0.15, 0.2) is 41.1 Å². The largest absolute Gasteiger partial charge is 0.415 e. The first kappa shape index (κ1) is 17.8. The second-order valence-corrected chi connectivity index (χ2v) is 6.48. The van der Waals surface area contributed by atoms with E-state index in [1.54, 1.807) is 13.2 Å². The Bertz CT molecular complexity index is 898. The van der Waals surface area contributed by atoms with Crippen LogP contribution in [0.3, 0.4) is 0 Å². The van der Waals surface area contributed by atoms with Crippen molar-refractivity contribution in [1.82, 2.24) is 29.8 Å². The summed E-state index contributed by atoms with van der Waals surface area (Å²) < 4.78 is 7.24. The van der Waals surface area contributed by atoms with E-state index in [-0.39, 0.29) is 11.8 Å². The smallest absolute Gasteiger partial charge is 0.311 e. The van der Waals surface area contributed by atoms with Crippen molar-refractivity contribution in [2.45, 2.75) is 20.0 Å². The molecule has 2 aromatic heterocycles. The number of hydrogen-bond acceptors (Lipinski definition) is 6. The van der Waals surface area contributed by atoms with Gasteiger partial charge in [0.25, 0.3) is 0 Å². The Hall–Kier alpha value is -3.00. The van der Waals surface area contributed by atoms with Crippen molar-refractivity contribution in [2.24, 2.45) is 0 Å². The van der Waals surface area contributed by atoms with Crippen LogP contribution in [0.2, 0.25) is 0 Å². The van der Waals surface area contributed by atoms with Gasteiger partial charge in [-0.3, -0.25) is 4.79 Å². The fraction of sp³-hybridized carbons (Fsp3) is 0.333.